The Labute approximate surface area is 91.4 Å². The SMILES string of the molecule is [2H]N(C([2H])([2H])CCCCC)C([2H])([2H])CCCCC. The molecule has 0 aromatic carbocycles. The molecule has 0 atom stereocenters. The summed E-state index contributed by atoms with van der Waals surface area (Å²) in [5.41, 5.74) is 0. The maximum Gasteiger partial charge on any atom is 0.122 e. The van der Waals surface area contributed by atoms with E-state index in [-0.39, 0.29) is 12.8 Å². The number of unbranched alkanes of at least 4 members (excludes halogenated alkanes) is 4. The van der Waals surface area contributed by atoms with Crippen LogP contribution in [0.5, 0.6) is 0 Å². The molecule has 13 heavy (non-hydrogen) atoms. The summed E-state index contributed by atoms with van der Waals surface area (Å²) < 4.78 is 39.0. The monoisotopic (exact) mass is 190 g/mol. The van der Waals surface area contributed by atoms with Gasteiger partial charge in [0.15, 0.2) is 0 Å². The fourth-order valence-electron chi connectivity index (χ4n) is 1.08. The Morgan fingerprint density at radius 2 is 1.31 bits per heavy atom. The van der Waals surface area contributed by atoms with E-state index in [4.69, 9.17) is 6.89 Å². The summed E-state index contributed by atoms with van der Waals surface area (Å²) in [5, 5.41) is 0.533. The molecule has 0 unspecified atom stereocenters. The molecule has 1 heteroatoms. The molecule has 80 valence electrons. The van der Waals surface area contributed by atoms with Crippen LogP contribution in [-0.2, 0) is 0 Å². The van der Waals surface area contributed by atoms with Gasteiger partial charge in [0, 0.05) is 5.48 Å². The van der Waals surface area contributed by atoms with Crippen molar-refractivity contribution in [2.75, 3.05) is 13.0 Å². The average Bonchev–Trinajstić information content (AvgIpc) is 2.28. The Hall–Kier alpha value is -0.0400. The third kappa shape index (κ3) is 12.0. The van der Waals surface area contributed by atoms with Gasteiger partial charge in [-0.1, -0.05) is 52.4 Å². The maximum absolute atomic E-state index is 7.81. The molecule has 0 aliphatic heterocycles. The minimum atomic E-state index is -1.88. The van der Waals surface area contributed by atoms with Crippen LogP contribution in [0, 0.1) is 0 Å². The van der Waals surface area contributed by atoms with E-state index >= 15 is 0 Å². The zero-order valence-corrected chi connectivity index (χ0v) is 9.10. The van der Waals surface area contributed by atoms with E-state index in [0.29, 0.717) is 18.2 Å². The number of rotatable bonds is 10. The second-order valence-electron chi connectivity index (χ2n) is 3.34. The first-order chi connectivity index (χ1) is 8.28. The maximum atomic E-state index is 7.81. The van der Waals surface area contributed by atoms with Crippen LogP contribution in [0.3, 0.4) is 0 Å². The molecule has 0 bridgehead atoms. The van der Waals surface area contributed by atoms with Gasteiger partial charge in [-0.3, -0.25) is 0 Å². The summed E-state index contributed by atoms with van der Waals surface area (Å²) in [4.78, 5) is 0. The molecule has 0 aromatic heterocycles. The highest BCUT2D eigenvalue weighted by molar-refractivity contribution is 4.49. The molecule has 0 saturated heterocycles. The van der Waals surface area contributed by atoms with Gasteiger partial charge in [-0.2, -0.15) is 0 Å². The molecule has 1 N–H and O–H groups in total. The molecule has 1 nitrogen and oxygen atoms in total. The van der Waals surface area contributed by atoms with Gasteiger partial charge in [-0.15, -0.1) is 0 Å². The third-order valence-electron chi connectivity index (χ3n) is 1.94. The van der Waals surface area contributed by atoms with Crippen molar-refractivity contribution in [1.82, 2.24) is 5.31 Å². The standard InChI is InChI=1S/C12H27N/c1-3-5-7-9-11-13-12-10-8-6-4-2/h13H,3-12H2,1-2H3/i11D2,12D2/hD. The average molecular weight is 190 g/mol. The Morgan fingerprint density at radius 3 is 1.69 bits per heavy atom. The van der Waals surface area contributed by atoms with E-state index in [1.807, 2.05) is 13.8 Å². The number of nitrogens with one attached hydrogen (secondary N) is 1. The molecule has 0 amide bonds. The van der Waals surface area contributed by atoms with Crippen LogP contribution in [0.15, 0.2) is 0 Å². The van der Waals surface area contributed by atoms with Crippen LogP contribution in [0.2, 0.25) is 1.41 Å². The van der Waals surface area contributed by atoms with E-state index in [9.17, 15) is 0 Å². The summed E-state index contributed by atoms with van der Waals surface area (Å²) in [6.07, 6.45) is 5.68. The quantitative estimate of drug-likeness (QED) is 0.518. The lowest BCUT2D eigenvalue weighted by molar-refractivity contribution is 0.564. The molecule has 0 saturated carbocycles. The van der Waals surface area contributed by atoms with Crippen molar-refractivity contribution >= 4 is 0 Å². The van der Waals surface area contributed by atoms with E-state index in [1.165, 1.54) is 0 Å². The van der Waals surface area contributed by atoms with Gasteiger partial charge >= 0.3 is 0 Å². The van der Waals surface area contributed by atoms with Crippen molar-refractivity contribution in [3.8, 4) is 0 Å². The lowest BCUT2D eigenvalue weighted by atomic mass is 10.2. The molecule has 0 aliphatic rings. The zero-order valence-electron chi connectivity index (χ0n) is 14.1. The highest BCUT2D eigenvalue weighted by Crippen LogP contribution is 1.98. The largest absolute Gasteiger partial charge is 0.317 e. The van der Waals surface area contributed by atoms with Crippen LogP contribution in [-0.4, -0.2) is 13.0 Å². The van der Waals surface area contributed by atoms with Crippen molar-refractivity contribution in [2.45, 2.75) is 65.2 Å². The predicted octanol–water partition coefficient (Wildman–Crippen LogP) is 3.74. The highest BCUT2D eigenvalue weighted by Gasteiger charge is 1.89. The molecular formula is C12H27N. The minimum absolute atomic E-state index is 0.220. The first-order valence-corrected chi connectivity index (χ1v) is 5.57. The van der Waals surface area contributed by atoms with E-state index < -0.39 is 13.0 Å². The lowest BCUT2D eigenvalue weighted by Crippen LogP contribution is -2.16. The van der Waals surface area contributed by atoms with Crippen LogP contribution in [0.25, 0.3) is 0 Å². The summed E-state index contributed by atoms with van der Waals surface area (Å²) in [6.45, 7) is 0.311. The molecular weight excluding hydrogens is 158 g/mol. The third-order valence-corrected chi connectivity index (χ3v) is 1.94. The van der Waals surface area contributed by atoms with E-state index in [2.05, 4.69) is 0 Å². The molecule has 0 spiro atoms. The van der Waals surface area contributed by atoms with Crippen LogP contribution < -0.4 is 5.31 Å². The Bertz CT molecular complexity index is 199. The highest BCUT2D eigenvalue weighted by atomic mass is 14.8. The number of hydrogen-bond acceptors (Lipinski definition) is 1. The minimum Gasteiger partial charge on any atom is -0.317 e. The Morgan fingerprint density at radius 1 is 0.846 bits per heavy atom. The number of hydrogen-bond donors (Lipinski definition) is 1. The normalized spacial score (nSPS) is 18.8. The van der Waals surface area contributed by atoms with Crippen molar-refractivity contribution < 1.29 is 6.89 Å². The van der Waals surface area contributed by atoms with Crippen LogP contribution in [0.1, 0.15) is 70.7 Å². The van der Waals surface area contributed by atoms with Crippen molar-refractivity contribution in [3.05, 3.63) is 0 Å². The van der Waals surface area contributed by atoms with E-state index in [1.54, 1.807) is 0 Å². The predicted molar refractivity (Wildman–Crippen MR) is 61.2 cm³/mol. The smallest absolute Gasteiger partial charge is 0.122 e. The van der Waals surface area contributed by atoms with Gasteiger partial charge in [0.2, 0.25) is 0 Å². The lowest BCUT2D eigenvalue weighted by Gasteiger charge is -2.03. The second kappa shape index (κ2) is 12.0. The van der Waals surface area contributed by atoms with E-state index in [0.717, 1.165) is 25.7 Å². The zero-order chi connectivity index (χ0) is 14.2. The summed E-state index contributed by atoms with van der Waals surface area (Å²) in [7, 11) is 0. The molecule has 0 rings (SSSR count). The van der Waals surface area contributed by atoms with Gasteiger partial charge < -0.3 is 5.31 Å². The van der Waals surface area contributed by atoms with Gasteiger partial charge in [0.05, 0.1) is 0 Å². The van der Waals surface area contributed by atoms with Gasteiger partial charge in [0.1, 0.15) is 1.41 Å². The van der Waals surface area contributed by atoms with Crippen LogP contribution in [0.4, 0.5) is 0 Å². The van der Waals surface area contributed by atoms with Crippen molar-refractivity contribution in [2.24, 2.45) is 0 Å². The molecule has 0 fully saturated rings. The molecule has 0 aromatic rings. The van der Waals surface area contributed by atoms with Gasteiger partial charge in [-0.25, -0.2) is 0 Å². The Balaban J connectivity index is 4.33. The summed E-state index contributed by atoms with van der Waals surface area (Å²) >= 11 is 0. The fourth-order valence-corrected chi connectivity index (χ4v) is 1.08. The van der Waals surface area contributed by atoms with Crippen molar-refractivity contribution in [1.29, 1.82) is 0 Å². The first-order valence-electron chi connectivity index (χ1n) is 8.02. The van der Waals surface area contributed by atoms with Crippen molar-refractivity contribution in [3.63, 3.8) is 0 Å². The van der Waals surface area contributed by atoms with Gasteiger partial charge in [0.25, 0.3) is 0 Å². The fraction of sp³-hybridized carbons (Fsp3) is 1.00. The summed E-state index contributed by atoms with van der Waals surface area (Å²) in [6, 6.07) is 0. The molecule has 0 heterocycles. The van der Waals surface area contributed by atoms with Gasteiger partial charge in [-0.05, 0) is 25.8 Å². The van der Waals surface area contributed by atoms with Crippen LogP contribution >= 0.6 is 0 Å². The summed E-state index contributed by atoms with van der Waals surface area (Å²) in [5.74, 6) is 0. The molecule has 0 aliphatic carbocycles. The molecule has 0 radical (unpaired) electrons. The second-order valence-corrected chi connectivity index (χ2v) is 3.34. The first kappa shape index (κ1) is 6.44. The topological polar surface area (TPSA) is 12.0 Å². The Kier molecular flexibility index (Phi) is 5.93.